The van der Waals surface area contributed by atoms with E-state index in [4.69, 9.17) is 4.74 Å². The van der Waals surface area contributed by atoms with Crippen molar-refractivity contribution in [3.63, 3.8) is 0 Å². The highest BCUT2D eigenvalue weighted by atomic mass is 35.5. The van der Waals surface area contributed by atoms with Crippen molar-refractivity contribution in [2.24, 2.45) is 0 Å². The molecule has 5 heteroatoms. The largest absolute Gasteiger partial charge is 0.379 e. The molecule has 0 aromatic heterocycles. The molecule has 0 radical (unpaired) electrons. The summed E-state index contributed by atoms with van der Waals surface area (Å²) in [5, 5.41) is 0. The maximum Gasteiger partial charge on any atom is 0.0594 e. The standard InChI is InChI=1S/C13H26N2O.2ClH/c1-2-4-6-14(7-5-3-1)8-9-15-10-12-16-13-11-15;;/h1-13H2;2*1H. The van der Waals surface area contributed by atoms with E-state index in [1.54, 1.807) is 0 Å². The van der Waals surface area contributed by atoms with Crippen molar-refractivity contribution in [3.8, 4) is 0 Å². The van der Waals surface area contributed by atoms with Gasteiger partial charge in [0.15, 0.2) is 0 Å². The van der Waals surface area contributed by atoms with Crippen molar-refractivity contribution in [2.45, 2.75) is 32.1 Å². The zero-order valence-electron chi connectivity index (χ0n) is 11.3. The van der Waals surface area contributed by atoms with Crippen molar-refractivity contribution >= 4 is 24.8 Å². The fourth-order valence-corrected chi connectivity index (χ4v) is 2.64. The predicted octanol–water partition coefficient (Wildman–Crippen LogP) is 2.43. The molecule has 0 aromatic rings. The van der Waals surface area contributed by atoms with E-state index in [1.807, 2.05) is 0 Å². The summed E-state index contributed by atoms with van der Waals surface area (Å²) >= 11 is 0. The van der Waals surface area contributed by atoms with Crippen molar-refractivity contribution in [3.05, 3.63) is 0 Å². The van der Waals surface area contributed by atoms with Crippen LogP contribution in [-0.4, -0.2) is 62.3 Å². The summed E-state index contributed by atoms with van der Waals surface area (Å²) in [4.78, 5) is 5.21. The normalized spacial score (nSPS) is 23.3. The number of hydrogen-bond acceptors (Lipinski definition) is 3. The van der Waals surface area contributed by atoms with Crippen molar-refractivity contribution in [1.82, 2.24) is 9.80 Å². The third-order valence-electron chi connectivity index (χ3n) is 3.78. The number of ether oxygens (including phenoxy) is 1. The number of hydrogen-bond donors (Lipinski definition) is 0. The number of likely N-dealkylation sites (tertiary alicyclic amines) is 1. The second-order valence-corrected chi connectivity index (χ2v) is 5.06. The molecule has 0 atom stereocenters. The first-order valence-electron chi connectivity index (χ1n) is 6.97. The van der Waals surface area contributed by atoms with Crippen LogP contribution in [-0.2, 0) is 4.74 Å². The molecule has 0 saturated carbocycles. The molecule has 0 aromatic carbocycles. The molecule has 2 aliphatic rings. The number of nitrogens with zero attached hydrogens (tertiary/aromatic N) is 2. The quantitative estimate of drug-likeness (QED) is 0.796. The minimum absolute atomic E-state index is 0. The first-order chi connectivity index (χ1) is 7.95. The van der Waals surface area contributed by atoms with E-state index in [0.717, 1.165) is 26.3 Å². The predicted molar refractivity (Wildman–Crippen MR) is 81.3 cm³/mol. The van der Waals surface area contributed by atoms with Crippen molar-refractivity contribution in [2.75, 3.05) is 52.5 Å². The van der Waals surface area contributed by atoms with Gasteiger partial charge in [-0.1, -0.05) is 19.3 Å². The van der Waals surface area contributed by atoms with Crippen LogP contribution in [0.1, 0.15) is 32.1 Å². The molecular weight excluding hydrogens is 271 g/mol. The zero-order chi connectivity index (χ0) is 11.1. The van der Waals surface area contributed by atoms with Crippen LogP contribution in [0, 0.1) is 0 Å². The van der Waals surface area contributed by atoms with Gasteiger partial charge in [0.1, 0.15) is 0 Å². The average Bonchev–Trinajstić information content (AvgIpc) is 2.29. The molecule has 2 rings (SSSR count). The van der Waals surface area contributed by atoms with E-state index in [2.05, 4.69) is 9.80 Å². The summed E-state index contributed by atoms with van der Waals surface area (Å²) in [6.07, 6.45) is 7.14. The first-order valence-corrected chi connectivity index (χ1v) is 6.97. The minimum atomic E-state index is 0. The smallest absolute Gasteiger partial charge is 0.0594 e. The Morgan fingerprint density at radius 1 is 0.611 bits per heavy atom. The molecule has 2 fully saturated rings. The van der Waals surface area contributed by atoms with Gasteiger partial charge in [-0.05, 0) is 25.9 Å². The summed E-state index contributed by atoms with van der Waals surface area (Å²) in [6.45, 7) is 9.28. The van der Waals surface area contributed by atoms with Crippen molar-refractivity contribution in [1.29, 1.82) is 0 Å². The van der Waals surface area contributed by atoms with E-state index in [9.17, 15) is 0 Å². The SMILES string of the molecule is C1CCCN(CCN2CCOCC2)CCC1.Cl.Cl. The molecule has 2 aliphatic heterocycles. The van der Waals surface area contributed by atoms with Gasteiger partial charge in [0.05, 0.1) is 13.2 Å². The molecule has 0 amide bonds. The van der Waals surface area contributed by atoms with E-state index < -0.39 is 0 Å². The van der Waals surface area contributed by atoms with Crippen LogP contribution in [0.15, 0.2) is 0 Å². The van der Waals surface area contributed by atoms with Gasteiger partial charge in [0, 0.05) is 26.2 Å². The van der Waals surface area contributed by atoms with Crippen LogP contribution in [0.4, 0.5) is 0 Å². The van der Waals surface area contributed by atoms with Gasteiger partial charge >= 0.3 is 0 Å². The third-order valence-corrected chi connectivity index (χ3v) is 3.78. The molecule has 3 nitrogen and oxygen atoms in total. The third kappa shape index (κ3) is 7.15. The summed E-state index contributed by atoms with van der Waals surface area (Å²) in [6, 6.07) is 0. The molecule has 0 bridgehead atoms. The second kappa shape index (κ2) is 11.3. The second-order valence-electron chi connectivity index (χ2n) is 5.06. The number of rotatable bonds is 3. The Kier molecular flexibility index (Phi) is 11.6. The summed E-state index contributed by atoms with van der Waals surface area (Å²) in [7, 11) is 0. The fraction of sp³-hybridized carbons (Fsp3) is 1.00. The van der Waals surface area contributed by atoms with Gasteiger partial charge in [-0.25, -0.2) is 0 Å². The molecule has 0 aliphatic carbocycles. The summed E-state index contributed by atoms with van der Waals surface area (Å²) in [5.41, 5.74) is 0. The Balaban J connectivity index is 0.00000144. The first kappa shape index (κ1) is 18.5. The average molecular weight is 299 g/mol. The maximum atomic E-state index is 5.37. The number of morpholine rings is 1. The van der Waals surface area contributed by atoms with E-state index in [-0.39, 0.29) is 24.8 Å². The van der Waals surface area contributed by atoms with Gasteiger partial charge in [-0.15, -0.1) is 24.8 Å². The Morgan fingerprint density at radius 3 is 1.61 bits per heavy atom. The molecule has 18 heavy (non-hydrogen) atoms. The molecule has 2 saturated heterocycles. The lowest BCUT2D eigenvalue weighted by atomic mass is 10.1. The molecule has 2 heterocycles. The van der Waals surface area contributed by atoms with Crippen LogP contribution < -0.4 is 0 Å². The van der Waals surface area contributed by atoms with E-state index >= 15 is 0 Å². The minimum Gasteiger partial charge on any atom is -0.379 e. The molecular formula is C13H28Cl2N2O. The molecule has 0 N–H and O–H groups in total. The lowest BCUT2D eigenvalue weighted by Crippen LogP contribution is -2.42. The van der Waals surface area contributed by atoms with Crippen LogP contribution >= 0.6 is 24.8 Å². The van der Waals surface area contributed by atoms with Gasteiger partial charge in [-0.3, -0.25) is 4.90 Å². The van der Waals surface area contributed by atoms with Gasteiger partial charge in [0.2, 0.25) is 0 Å². The highest BCUT2D eigenvalue weighted by molar-refractivity contribution is 5.85. The Hall–Kier alpha value is 0.460. The lowest BCUT2D eigenvalue weighted by molar-refractivity contribution is 0.0330. The van der Waals surface area contributed by atoms with Crippen LogP contribution in [0.5, 0.6) is 0 Å². The van der Waals surface area contributed by atoms with Gasteiger partial charge < -0.3 is 9.64 Å². The highest BCUT2D eigenvalue weighted by Gasteiger charge is 2.12. The highest BCUT2D eigenvalue weighted by Crippen LogP contribution is 2.10. The van der Waals surface area contributed by atoms with Crippen molar-refractivity contribution < 1.29 is 4.74 Å². The monoisotopic (exact) mass is 298 g/mol. The van der Waals surface area contributed by atoms with E-state index in [0.29, 0.717) is 0 Å². The molecule has 110 valence electrons. The topological polar surface area (TPSA) is 15.7 Å². The molecule has 0 unspecified atom stereocenters. The Labute approximate surface area is 124 Å². The van der Waals surface area contributed by atoms with Crippen LogP contribution in [0.25, 0.3) is 0 Å². The maximum absolute atomic E-state index is 5.37. The van der Waals surface area contributed by atoms with E-state index in [1.165, 1.54) is 58.3 Å². The summed E-state index contributed by atoms with van der Waals surface area (Å²) in [5.74, 6) is 0. The van der Waals surface area contributed by atoms with Gasteiger partial charge in [-0.2, -0.15) is 0 Å². The Bertz CT molecular complexity index is 182. The zero-order valence-corrected chi connectivity index (χ0v) is 12.9. The van der Waals surface area contributed by atoms with Gasteiger partial charge in [0.25, 0.3) is 0 Å². The number of halogens is 2. The fourth-order valence-electron chi connectivity index (χ4n) is 2.64. The Morgan fingerprint density at radius 2 is 1.06 bits per heavy atom. The summed E-state index contributed by atoms with van der Waals surface area (Å²) < 4.78 is 5.37. The van der Waals surface area contributed by atoms with Crippen LogP contribution in [0.3, 0.4) is 0 Å². The molecule has 0 spiro atoms. The lowest BCUT2D eigenvalue weighted by Gasteiger charge is -2.30. The van der Waals surface area contributed by atoms with Crippen LogP contribution in [0.2, 0.25) is 0 Å².